The van der Waals surface area contributed by atoms with Crippen molar-refractivity contribution in [2.45, 2.75) is 88.8 Å². The number of piperazine rings is 1. The van der Waals surface area contributed by atoms with E-state index in [1.165, 1.54) is 22.9 Å². The summed E-state index contributed by atoms with van der Waals surface area (Å²) in [5.74, 6) is -2.50. The number of rotatable bonds is 18. The Kier molecular flexibility index (Phi) is 15.4. The highest BCUT2D eigenvalue weighted by molar-refractivity contribution is 6.35. The largest absolute Gasteiger partial charge is 0.486 e. The molecule has 0 spiro atoms. The minimum Gasteiger partial charge on any atom is -0.486 e. The van der Waals surface area contributed by atoms with Gasteiger partial charge in [-0.25, -0.2) is 9.07 Å². The normalized spacial score (nSPS) is 19.2. The van der Waals surface area contributed by atoms with Crippen LogP contribution in [0.5, 0.6) is 11.8 Å². The number of methoxy groups -OCH3 is 1. The van der Waals surface area contributed by atoms with Gasteiger partial charge in [-0.05, 0) is 59.7 Å². The summed E-state index contributed by atoms with van der Waals surface area (Å²) in [7, 11) is 1.51. The fourth-order valence-electron chi connectivity index (χ4n) is 11.1. The van der Waals surface area contributed by atoms with E-state index in [4.69, 9.17) is 35.8 Å². The van der Waals surface area contributed by atoms with Crippen LogP contribution in [0.2, 0.25) is 5.02 Å². The standard InChI is InChI=1S/C57H57ClF4N12O7/c1-29(2)51(55(78)73-24-38(76)18-46(73)54(77)66-45(26-75)35-11-9-32(10-12-35)33-13-15-63-16-14-33)74-25-44(70-71-74)34-7-5-31(6-8-34)28-80-52-48(47-40-22-65-69-43(40)20-42(59)49(47)58)41(57(60,61)62)19-39-50(52)67-56(81-27-30(3)79-4)68-53(39)72-23-36-17-37(72)21-64-36/h5-16,19-20,22,25,29-30,36-38,45-46,51,64,75-76H,17-18,21,23-24,26-28H2,1-4H3,(H,65,69)(H,66,77)/t30-,36-,37-,38+,45-,46-,51-/m0/s1. The monoisotopic (exact) mass is 1130 g/mol. The van der Waals surface area contributed by atoms with Gasteiger partial charge in [0.2, 0.25) is 11.8 Å². The van der Waals surface area contributed by atoms with E-state index in [9.17, 15) is 19.8 Å². The van der Waals surface area contributed by atoms with Gasteiger partial charge in [0, 0.05) is 91.2 Å². The van der Waals surface area contributed by atoms with Crippen LogP contribution in [0.1, 0.15) is 62.4 Å². The first-order chi connectivity index (χ1) is 39.0. The second-order valence-corrected chi connectivity index (χ2v) is 21.4. The van der Waals surface area contributed by atoms with Crippen LogP contribution >= 0.6 is 11.6 Å². The number of aliphatic hydroxyl groups excluding tert-OH is 2. The van der Waals surface area contributed by atoms with Gasteiger partial charge >= 0.3 is 12.2 Å². The Morgan fingerprint density at radius 1 is 0.926 bits per heavy atom. The SMILES string of the molecule is CO[C@@H](C)COc1nc(N2C[C@@H]3C[C@H]2CN3)c2cc(C(F)(F)F)c(-c3c(Cl)c(F)cc4[nH]ncc34)c(OCc3ccc(-c4cn([C@H](C(=O)N5C[C@H](O)C[C@H]5C(=O)N[C@@H](CO)c5ccc(-c6ccncc6)cc5)C(C)C)nn4)cc3)c2n1. The molecule has 0 aliphatic carbocycles. The molecule has 4 aromatic carbocycles. The number of nitrogens with zero attached hydrogens (tertiary/aromatic N) is 9. The van der Waals surface area contributed by atoms with E-state index in [0.29, 0.717) is 35.5 Å². The summed E-state index contributed by atoms with van der Waals surface area (Å²) in [6.07, 6.45) is 0.553. The molecule has 3 fully saturated rings. The first-order valence-corrected chi connectivity index (χ1v) is 26.8. The third kappa shape index (κ3) is 10.9. The average Bonchev–Trinajstić information content (AvgIpc) is 3.76. The number of amides is 2. The van der Waals surface area contributed by atoms with Crippen LogP contribution in [0.3, 0.4) is 0 Å². The van der Waals surface area contributed by atoms with Crippen LogP contribution in [0.25, 0.3) is 55.3 Å². The molecule has 24 heteroatoms. The minimum absolute atomic E-state index is 0.0125. The summed E-state index contributed by atoms with van der Waals surface area (Å²) in [4.78, 5) is 45.3. The van der Waals surface area contributed by atoms with Crippen molar-refractivity contribution < 1.29 is 51.6 Å². The summed E-state index contributed by atoms with van der Waals surface area (Å²) in [5.41, 5.74) is 1.99. The van der Waals surface area contributed by atoms with Crippen LogP contribution in [0.4, 0.5) is 23.4 Å². The molecule has 81 heavy (non-hydrogen) atoms. The van der Waals surface area contributed by atoms with E-state index in [-0.39, 0.29) is 89.1 Å². The van der Waals surface area contributed by atoms with Crippen molar-refractivity contribution in [3.05, 3.63) is 125 Å². The Labute approximate surface area is 466 Å². The van der Waals surface area contributed by atoms with Gasteiger partial charge in [0.1, 0.15) is 48.1 Å². The van der Waals surface area contributed by atoms with Gasteiger partial charge in [0.15, 0.2) is 5.75 Å². The molecule has 4 aromatic heterocycles. The van der Waals surface area contributed by atoms with E-state index < -0.39 is 76.9 Å². The number of aromatic nitrogens is 8. The van der Waals surface area contributed by atoms with Gasteiger partial charge < -0.3 is 44.9 Å². The van der Waals surface area contributed by atoms with Gasteiger partial charge in [-0.2, -0.15) is 28.2 Å². The van der Waals surface area contributed by atoms with Gasteiger partial charge in [-0.1, -0.05) is 79.2 Å². The molecule has 422 valence electrons. The van der Waals surface area contributed by atoms with E-state index in [0.717, 1.165) is 29.7 Å². The van der Waals surface area contributed by atoms with E-state index >= 15 is 17.6 Å². The first kappa shape index (κ1) is 55.1. The molecule has 3 aliphatic rings. The maximum Gasteiger partial charge on any atom is 0.417 e. The molecular formula is C57H57ClF4N12O7. The number of ether oxygens (including phenoxy) is 3. The molecular weight excluding hydrogens is 1080 g/mol. The molecule has 7 atom stereocenters. The van der Waals surface area contributed by atoms with E-state index in [1.807, 2.05) is 55.1 Å². The maximum atomic E-state index is 15.8. The number of likely N-dealkylation sites (tertiary alicyclic amines) is 1. The van der Waals surface area contributed by atoms with Gasteiger partial charge in [0.25, 0.3) is 0 Å². The highest BCUT2D eigenvalue weighted by atomic mass is 35.5. The number of alkyl halides is 3. The van der Waals surface area contributed by atoms with Gasteiger partial charge in [-0.15, -0.1) is 5.10 Å². The lowest BCUT2D eigenvalue weighted by atomic mass is 9.93. The number of hydrogen-bond acceptors (Lipinski definition) is 15. The summed E-state index contributed by atoms with van der Waals surface area (Å²) in [6.45, 7) is 5.65. The average molecular weight is 1130 g/mol. The van der Waals surface area contributed by atoms with Gasteiger partial charge in [-0.3, -0.25) is 19.7 Å². The third-order valence-electron chi connectivity index (χ3n) is 15.3. The molecule has 3 aliphatic heterocycles. The van der Waals surface area contributed by atoms with E-state index in [2.05, 4.69) is 36.1 Å². The number of benzene rings is 4. The second-order valence-electron chi connectivity index (χ2n) is 21.0. The lowest BCUT2D eigenvalue weighted by Crippen LogP contribution is -2.50. The van der Waals surface area contributed by atoms with Crippen molar-refractivity contribution in [3.63, 3.8) is 0 Å². The molecule has 3 saturated heterocycles. The number of pyridine rings is 1. The summed E-state index contributed by atoms with van der Waals surface area (Å²) >= 11 is 6.69. The number of carbonyl (C=O) groups excluding carboxylic acids is 2. The van der Waals surface area contributed by atoms with E-state index in [1.54, 1.807) is 49.8 Å². The molecule has 2 amide bonds. The fourth-order valence-corrected chi connectivity index (χ4v) is 11.3. The van der Waals surface area contributed by atoms with Crippen molar-refractivity contribution in [1.29, 1.82) is 0 Å². The zero-order valence-corrected chi connectivity index (χ0v) is 45.1. The minimum atomic E-state index is -5.04. The Morgan fingerprint density at radius 3 is 2.35 bits per heavy atom. The van der Waals surface area contributed by atoms with Crippen molar-refractivity contribution >= 4 is 51.0 Å². The lowest BCUT2D eigenvalue weighted by molar-refractivity contribution is -0.142. The molecule has 7 heterocycles. The Morgan fingerprint density at radius 2 is 1.67 bits per heavy atom. The molecule has 5 N–H and O–H groups in total. The smallest absolute Gasteiger partial charge is 0.417 e. The van der Waals surface area contributed by atoms with Crippen molar-refractivity contribution in [2.24, 2.45) is 5.92 Å². The molecule has 0 unspecified atom stereocenters. The molecule has 2 bridgehead atoms. The molecule has 19 nitrogen and oxygen atoms in total. The van der Waals surface area contributed by atoms with Crippen LogP contribution in [-0.2, 0) is 27.1 Å². The number of carbonyl (C=O) groups is 2. The number of halogens is 5. The number of fused-ring (bicyclic) bond motifs is 4. The fraction of sp³-hybridized carbons (Fsp3) is 0.368. The van der Waals surface area contributed by atoms with Crippen molar-refractivity contribution in [2.75, 3.05) is 44.9 Å². The quantitative estimate of drug-likeness (QED) is 0.0515. The zero-order chi connectivity index (χ0) is 56.9. The number of aromatic amines is 1. The van der Waals surface area contributed by atoms with Gasteiger partial charge in [0.05, 0.1) is 53.4 Å². The third-order valence-corrected chi connectivity index (χ3v) is 15.6. The second kappa shape index (κ2) is 22.6. The zero-order valence-electron chi connectivity index (χ0n) is 44.4. The number of aliphatic hydroxyl groups is 2. The van der Waals surface area contributed by atoms with Crippen LogP contribution in [0.15, 0.2) is 97.6 Å². The number of anilines is 1. The maximum absolute atomic E-state index is 15.8. The summed E-state index contributed by atoms with van der Waals surface area (Å²) in [6, 6.07) is 17.0. The highest BCUT2D eigenvalue weighted by Crippen LogP contribution is 2.52. The predicted molar refractivity (Wildman–Crippen MR) is 292 cm³/mol. The Balaban J connectivity index is 0.882. The highest BCUT2D eigenvalue weighted by Gasteiger charge is 2.45. The number of hydrogen-bond donors (Lipinski definition) is 5. The predicted octanol–water partition coefficient (Wildman–Crippen LogP) is 7.86. The molecule has 8 aromatic rings. The van der Waals surface area contributed by atoms with Crippen LogP contribution in [0, 0.1) is 11.7 Å². The first-order valence-electron chi connectivity index (χ1n) is 26.4. The van der Waals surface area contributed by atoms with Crippen molar-refractivity contribution in [3.8, 4) is 45.3 Å². The Hall–Kier alpha value is -7.83. The van der Waals surface area contributed by atoms with Crippen LogP contribution in [-0.4, -0.2) is 137 Å². The number of nitrogens with one attached hydrogen (secondary N) is 3. The van der Waals surface area contributed by atoms with Crippen molar-refractivity contribution in [1.82, 2.24) is 55.7 Å². The molecule has 0 radical (unpaired) electrons. The Bertz CT molecular complexity index is 3610. The number of H-pyrrole nitrogens is 1. The molecule has 0 saturated carbocycles. The van der Waals surface area contributed by atoms with Crippen LogP contribution < -0.4 is 25.0 Å². The summed E-state index contributed by atoms with van der Waals surface area (Å²) < 4.78 is 82.6. The number of β-amino-alcohol motifs (C(OH)–C–C–N with tert-alkyl or cyclic N) is 1. The topological polar surface area (TPSA) is 231 Å². The lowest BCUT2D eigenvalue weighted by Gasteiger charge is -2.30. The summed E-state index contributed by atoms with van der Waals surface area (Å²) in [5, 5.41) is 42.5. The molecule has 11 rings (SSSR count).